The standard InChI is InChI=1S/C15H20N8O/c1-8-2-9(6-22-14(18)11(16)4-20-22)13(24)10(3-8)7-23-15(19)12(17)5-21-23/h2-5,24H,6-7,16-19H2,1H3. The third kappa shape index (κ3) is 2.67. The van der Waals surface area contributed by atoms with E-state index in [9.17, 15) is 5.11 Å². The number of nitrogens with two attached hydrogens (primary N) is 4. The molecule has 0 bridgehead atoms. The van der Waals surface area contributed by atoms with Gasteiger partial charge in [0.2, 0.25) is 0 Å². The van der Waals surface area contributed by atoms with Gasteiger partial charge in [0.1, 0.15) is 17.4 Å². The lowest BCUT2D eigenvalue weighted by atomic mass is 10.0. The largest absolute Gasteiger partial charge is 0.507 e. The van der Waals surface area contributed by atoms with Gasteiger partial charge in [-0.1, -0.05) is 17.7 Å². The van der Waals surface area contributed by atoms with Crippen molar-refractivity contribution in [3.8, 4) is 5.75 Å². The summed E-state index contributed by atoms with van der Waals surface area (Å²) in [5, 5.41) is 18.8. The molecule has 0 amide bonds. The predicted octanol–water partition coefficient (Wildman–Crippen LogP) is 0.519. The van der Waals surface area contributed by atoms with Gasteiger partial charge in [-0.15, -0.1) is 0 Å². The quantitative estimate of drug-likeness (QED) is 0.466. The molecule has 0 aliphatic carbocycles. The van der Waals surface area contributed by atoms with Crippen molar-refractivity contribution in [3.63, 3.8) is 0 Å². The number of aromatic hydroxyl groups is 1. The molecule has 0 saturated carbocycles. The van der Waals surface area contributed by atoms with Crippen molar-refractivity contribution in [3.05, 3.63) is 41.2 Å². The number of aryl methyl sites for hydroxylation is 1. The zero-order chi connectivity index (χ0) is 17.4. The Hall–Kier alpha value is -3.36. The minimum absolute atomic E-state index is 0.141. The predicted molar refractivity (Wildman–Crippen MR) is 93.2 cm³/mol. The molecule has 0 spiro atoms. The molecule has 2 heterocycles. The highest BCUT2D eigenvalue weighted by atomic mass is 16.3. The molecule has 126 valence electrons. The monoisotopic (exact) mass is 328 g/mol. The van der Waals surface area contributed by atoms with Crippen molar-refractivity contribution >= 4 is 23.0 Å². The lowest BCUT2D eigenvalue weighted by Gasteiger charge is -2.13. The number of aromatic nitrogens is 4. The van der Waals surface area contributed by atoms with Gasteiger partial charge in [-0.2, -0.15) is 10.2 Å². The average molecular weight is 328 g/mol. The van der Waals surface area contributed by atoms with E-state index in [0.29, 0.717) is 47.2 Å². The Morgan fingerprint density at radius 2 is 1.29 bits per heavy atom. The molecule has 0 unspecified atom stereocenters. The van der Waals surface area contributed by atoms with Crippen LogP contribution in [0, 0.1) is 6.92 Å². The van der Waals surface area contributed by atoms with Gasteiger partial charge in [-0.3, -0.25) is 0 Å². The van der Waals surface area contributed by atoms with Crippen LogP contribution in [0.15, 0.2) is 24.5 Å². The summed E-state index contributed by atoms with van der Waals surface area (Å²) in [5.41, 5.74) is 26.3. The van der Waals surface area contributed by atoms with Crippen LogP contribution in [0.2, 0.25) is 0 Å². The summed E-state index contributed by atoms with van der Waals surface area (Å²) >= 11 is 0. The topological polar surface area (TPSA) is 160 Å². The molecule has 0 radical (unpaired) electrons. The van der Waals surface area contributed by atoms with E-state index in [4.69, 9.17) is 22.9 Å². The maximum Gasteiger partial charge on any atom is 0.145 e. The molecule has 0 atom stereocenters. The lowest BCUT2D eigenvalue weighted by molar-refractivity contribution is 0.453. The van der Waals surface area contributed by atoms with Crippen LogP contribution >= 0.6 is 0 Å². The van der Waals surface area contributed by atoms with Crippen molar-refractivity contribution in [2.24, 2.45) is 0 Å². The van der Waals surface area contributed by atoms with Crippen LogP contribution in [0.5, 0.6) is 5.75 Å². The lowest BCUT2D eigenvalue weighted by Crippen LogP contribution is -2.10. The third-order valence-electron chi connectivity index (χ3n) is 3.87. The van der Waals surface area contributed by atoms with E-state index in [0.717, 1.165) is 5.56 Å². The molecular weight excluding hydrogens is 308 g/mol. The fourth-order valence-corrected chi connectivity index (χ4v) is 2.57. The van der Waals surface area contributed by atoms with Gasteiger partial charge in [-0.05, 0) is 6.92 Å². The molecule has 24 heavy (non-hydrogen) atoms. The molecule has 9 heteroatoms. The van der Waals surface area contributed by atoms with Crippen molar-refractivity contribution < 1.29 is 5.11 Å². The molecule has 0 fully saturated rings. The number of rotatable bonds is 4. The van der Waals surface area contributed by atoms with Gasteiger partial charge in [0.05, 0.1) is 36.9 Å². The molecule has 0 aliphatic heterocycles. The minimum atomic E-state index is 0.141. The fraction of sp³-hybridized carbons (Fsp3) is 0.200. The number of hydrogen-bond acceptors (Lipinski definition) is 7. The number of nitrogen functional groups attached to an aromatic ring is 4. The first-order valence-electron chi connectivity index (χ1n) is 7.31. The van der Waals surface area contributed by atoms with Crippen LogP contribution in [0.4, 0.5) is 23.0 Å². The van der Waals surface area contributed by atoms with Gasteiger partial charge in [0, 0.05) is 11.1 Å². The summed E-state index contributed by atoms with van der Waals surface area (Å²) < 4.78 is 3.07. The summed E-state index contributed by atoms with van der Waals surface area (Å²) in [5.74, 6) is 0.866. The van der Waals surface area contributed by atoms with E-state index in [1.807, 2.05) is 19.1 Å². The van der Waals surface area contributed by atoms with Crippen molar-refractivity contribution in [1.29, 1.82) is 0 Å². The SMILES string of the molecule is Cc1cc(Cn2ncc(N)c2N)c(O)c(Cn2ncc(N)c2N)c1. The Bertz CT molecular complexity index is 826. The van der Waals surface area contributed by atoms with Crippen LogP contribution in [0.3, 0.4) is 0 Å². The molecule has 0 aliphatic rings. The van der Waals surface area contributed by atoms with Crippen LogP contribution in [0.1, 0.15) is 16.7 Å². The van der Waals surface area contributed by atoms with Crippen LogP contribution in [0.25, 0.3) is 0 Å². The van der Waals surface area contributed by atoms with Crippen LogP contribution in [-0.2, 0) is 13.1 Å². The number of anilines is 4. The minimum Gasteiger partial charge on any atom is -0.507 e. The maximum absolute atomic E-state index is 10.6. The van der Waals surface area contributed by atoms with Crippen LogP contribution in [-0.4, -0.2) is 24.7 Å². The van der Waals surface area contributed by atoms with E-state index >= 15 is 0 Å². The summed E-state index contributed by atoms with van der Waals surface area (Å²) in [7, 11) is 0. The second-order valence-corrected chi connectivity index (χ2v) is 5.72. The Balaban J connectivity index is 1.95. The van der Waals surface area contributed by atoms with Crippen LogP contribution < -0.4 is 22.9 Å². The van der Waals surface area contributed by atoms with Crippen molar-refractivity contribution in [1.82, 2.24) is 19.6 Å². The number of hydrogen-bond donors (Lipinski definition) is 5. The zero-order valence-electron chi connectivity index (χ0n) is 13.3. The highest BCUT2D eigenvalue weighted by Crippen LogP contribution is 2.28. The average Bonchev–Trinajstić information content (AvgIpc) is 3.02. The Kier molecular flexibility index (Phi) is 3.68. The number of phenolic OH excluding ortho intramolecular Hbond substituents is 1. The van der Waals surface area contributed by atoms with E-state index in [1.165, 1.54) is 21.8 Å². The van der Waals surface area contributed by atoms with Crippen molar-refractivity contribution in [2.45, 2.75) is 20.0 Å². The van der Waals surface area contributed by atoms with Gasteiger partial charge in [-0.25, -0.2) is 9.36 Å². The highest BCUT2D eigenvalue weighted by molar-refractivity contribution is 5.58. The Morgan fingerprint density at radius 3 is 1.62 bits per heavy atom. The summed E-state index contributed by atoms with van der Waals surface area (Å²) in [6.45, 7) is 2.55. The molecular formula is C15H20N8O. The second kappa shape index (κ2) is 5.69. The van der Waals surface area contributed by atoms with E-state index < -0.39 is 0 Å². The Labute approximate surface area is 138 Å². The normalized spacial score (nSPS) is 11.0. The van der Waals surface area contributed by atoms with E-state index in [1.54, 1.807) is 0 Å². The molecule has 3 rings (SSSR count). The fourth-order valence-electron chi connectivity index (χ4n) is 2.57. The smallest absolute Gasteiger partial charge is 0.145 e. The van der Waals surface area contributed by atoms with E-state index in [2.05, 4.69) is 10.2 Å². The summed E-state index contributed by atoms with van der Waals surface area (Å²) in [4.78, 5) is 0. The van der Waals surface area contributed by atoms with Gasteiger partial charge in [0.25, 0.3) is 0 Å². The number of phenols is 1. The van der Waals surface area contributed by atoms with Gasteiger partial charge >= 0.3 is 0 Å². The Morgan fingerprint density at radius 1 is 0.875 bits per heavy atom. The molecule has 9 N–H and O–H groups in total. The van der Waals surface area contributed by atoms with Gasteiger partial charge < -0.3 is 28.0 Å². The number of benzene rings is 1. The molecule has 9 nitrogen and oxygen atoms in total. The second-order valence-electron chi connectivity index (χ2n) is 5.72. The first-order chi connectivity index (χ1) is 11.4. The van der Waals surface area contributed by atoms with Crippen molar-refractivity contribution in [2.75, 3.05) is 22.9 Å². The maximum atomic E-state index is 10.6. The summed E-state index contributed by atoms with van der Waals surface area (Å²) in [6.07, 6.45) is 2.96. The first-order valence-corrected chi connectivity index (χ1v) is 7.31. The summed E-state index contributed by atoms with van der Waals surface area (Å²) in [6, 6.07) is 3.74. The molecule has 2 aromatic heterocycles. The molecule has 1 aromatic carbocycles. The molecule has 3 aromatic rings. The van der Waals surface area contributed by atoms with E-state index in [-0.39, 0.29) is 5.75 Å². The highest BCUT2D eigenvalue weighted by Gasteiger charge is 2.14. The third-order valence-corrected chi connectivity index (χ3v) is 3.87. The molecule has 0 saturated heterocycles. The zero-order valence-corrected chi connectivity index (χ0v) is 13.3. The van der Waals surface area contributed by atoms with Gasteiger partial charge in [0.15, 0.2) is 0 Å². The first kappa shape index (κ1) is 15.5. The number of nitrogens with zero attached hydrogens (tertiary/aromatic N) is 4.